The van der Waals surface area contributed by atoms with Gasteiger partial charge in [0.2, 0.25) is 5.91 Å². The SMILES string of the molecule is COc1ccc(C(C)(C)C)cc1NC(=O)Nc1ccc(-c2cnc3c(c2)NC(=O)CN3)c2ccccc12. The molecule has 3 amide bonds. The van der Waals surface area contributed by atoms with Gasteiger partial charge in [-0.05, 0) is 46.2 Å². The molecule has 0 spiro atoms. The molecule has 0 fully saturated rings. The third-order valence-electron chi connectivity index (χ3n) is 6.38. The van der Waals surface area contributed by atoms with Crippen LogP contribution in [-0.2, 0) is 10.2 Å². The van der Waals surface area contributed by atoms with Crippen LogP contribution < -0.4 is 26.0 Å². The number of nitrogens with one attached hydrogen (secondary N) is 4. The van der Waals surface area contributed by atoms with Gasteiger partial charge in [-0.1, -0.05) is 57.2 Å². The maximum atomic E-state index is 13.1. The van der Waals surface area contributed by atoms with Crippen molar-refractivity contribution in [2.75, 3.05) is 34.9 Å². The number of ether oxygens (including phenoxy) is 1. The number of methoxy groups -OCH3 is 1. The Morgan fingerprint density at radius 2 is 1.73 bits per heavy atom. The second-order valence-corrected chi connectivity index (χ2v) is 9.97. The Morgan fingerprint density at radius 1 is 0.973 bits per heavy atom. The first-order chi connectivity index (χ1) is 17.7. The minimum Gasteiger partial charge on any atom is -0.495 e. The molecule has 3 aromatic carbocycles. The van der Waals surface area contributed by atoms with Crippen LogP contribution in [0.5, 0.6) is 5.75 Å². The van der Waals surface area contributed by atoms with Crippen LogP contribution >= 0.6 is 0 Å². The molecule has 0 saturated heterocycles. The first-order valence-electron chi connectivity index (χ1n) is 12.1. The van der Waals surface area contributed by atoms with Crippen molar-refractivity contribution in [2.24, 2.45) is 0 Å². The van der Waals surface area contributed by atoms with Crippen molar-refractivity contribution in [3.8, 4) is 16.9 Å². The highest BCUT2D eigenvalue weighted by Crippen LogP contribution is 2.36. The number of urea groups is 1. The van der Waals surface area contributed by atoms with E-state index >= 15 is 0 Å². The third kappa shape index (κ3) is 4.91. The number of rotatable bonds is 4. The van der Waals surface area contributed by atoms with Gasteiger partial charge in [-0.3, -0.25) is 4.79 Å². The second-order valence-electron chi connectivity index (χ2n) is 9.97. The van der Waals surface area contributed by atoms with Crippen LogP contribution in [0.4, 0.5) is 27.7 Å². The fourth-order valence-corrected chi connectivity index (χ4v) is 4.41. The van der Waals surface area contributed by atoms with E-state index in [1.165, 1.54) is 0 Å². The van der Waals surface area contributed by atoms with Crippen LogP contribution in [0.3, 0.4) is 0 Å². The molecule has 4 N–H and O–H groups in total. The Labute approximate surface area is 215 Å². The van der Waals surface area contributed by atoms with E-state index in [1.807, 2.05) is 60.7 Å². The van der Waals surface area contributed by atoms with Crippen LogP contribution in [0.25, 0.3) is 21.9 Å². The lowest BCUT2D eigenvalue weighted by molar-refractivity contribution is -0.114. The van der Waals surface area contributed by atoms with E-state index in [9.17, 15) is 9.59 Å². The minimum atomic E-state index is -0.369. The molecule has 8 nitrogen and oxygen atoms in total. The largest absolute Gasteiger partial charge is 0.495 e. The number of anilines is 4. The number of aromatic nitrogens is 1. The Morgan fingerprint density at radius 3 is 2.49 bits per heavy atom. The molecular weight excluding hydrogens is 466 g/mol. The molecule has 4 aromatic rings. The number of benzene rings is 3. The Bertz CT molecular complexity index is 1520. The van der Waals surface area contributed by atoms with Crippen molar-refractivity contribution in [3.63, 3.8) is 0 Å². The van der Waals surface area contributed by atoms with E-state index < -0.39 is 0 Å². The van der Waals surface area contributed by atoms with Gasteiger partial charge >= 0.3 is 6.03 Å². The molecule has 0 atom stereocenters. The van der Waals surface area contributed by atoms with Crippen molar-refractivity contribution in [2.45, 2.75) is 26.2 Å². The molecule has 8 heteroatoms. The number of hydrogen-bond acceptors (Lipinski definition) is 5. The number of pyridine rings is 1. The number of hydrogen-bond donors (Lipinski definition) is 4. The molecule has 2 heterocycles. The minimum absolute atomic E-state index is 0.0738. The van der Waals surface area contributed by atoms with E-state index in [2.05, 4.69) is 47.0 Å². The van der Waals surface area contributed by atoms with Gasteiger partial charge in [0.15, 0.2) is 0 Å². The molecule has 37 heavy (non-hydrogen) atoms. The zero-order chi connectivity index (χ0) is 26.2. The first kappa shape index (κ1) is 24.1. The van der Waals surface area contributed by atoms with Gasteiger partial charge in [-0.15, -0.1) is 0 Å². The number of nitrogens with zero attached hydrogens (tertiary/aromatic N) is 1. The topological polar surface area (TPSA) is 104 Å². The molecule has 0 saturated carbocycles. The van der Waals surface area contributed by atoms with E-state index in [0.29, 0.717) is 28.6 Å². The highest BCUT2D eigenvalue weighted by atomic mass is 16.5. The predicted octanol–water partition coefficient (Wildman–Crippen LogP) is 6.22. The Hall–Kier alpha value is -4.59. The summed E-state index contributed by atoms with van der Waals surface area (Å²) in [5, 5.41) is 13.6. The maximum Gasteiger partial charge on any atom is 0.323 e. The van der Waals surface area contributed by atoms with Gasteiger partial charge in [-0.2, -0.15) is 0 Å². The number of amides is 3. The zero-order valence-electron chi connectivity index (χ0n) is 21.2. The van der Waals surface area contributed by atoms with Crippen molar-refractivity contribution >= 4 is 45.6 Å². The summed E-state index contributed by atoms with van der Waals surface area (Å²) in [7, 11) is 1.58. The van der Waals surface area contributed by atoms with E-state index in [4.69, 9.17) is 4.74 Å². The summed E-state index contributed by atoms with van der Waals surface area (Å²) in [5.74, 6) is 1.13. The van der Waals surface area contributed by atoms with E-state index in [0.717, 1.165) is 27.5 Å². The zero-order valence-corrected chi connectivity index (χ0v) is 21.2. The second kappa shape index (κ2) is 9.46. The van der Waals surface area contributed by atoms with Crippen LogP contribution in [0.2, 0.25) is 0 Å². The lowest BCUT2D eigenvalue weighted by Gasteiger charge is -2.21. The third-order valence-corrected chi connectivity index (χ3v) is 6.38. The molecule has 0 aliphatic carbocycles. The van der Waals surface area contributed by atoms with E-state index in [1.54, 1.807) is 13.3 Å². The predicted molar refractivity (Wildman–Crippen MR) is 149 cm³/mol. The molecule has 188 valence electrons. The van der Waals surface area contributed by atoms with Crippen LogP contribution in [0, 0.1) is 0 Å². The van der Waals surface area contributed by atoms with Gasteiger partial charge in [-0.25, -0.2) is 9.78 Å². The molecule has 0 radical (unpaired) electrons. The number of fused-ring (bicyclic) bond motifs is 2. The Kier molecular flexibility index (Phi) is 6.17. The number of carbonyl (C=O) groups excluding carboxylic acids is 2. The average molecular weight is 496 g/mol. The lowest BCUT2D eigenvalue weighted by Crippen LogP contribution is -2.27. The molecule has 1 aliphatic rings. The molecule has 1 aliphatic heterocycles. The van der Waals surface area contributed by atoms with Gasteiger partial charge in [0.25, 0.3) is 0 Å². The summed E-state index contributed by atoms with van der Waals surface area (Å²) in [4.78, 5) is 29.4. The normalized spacial score (nSPS) is 12.8. The van der Waals surface area contributed by atoms with Gasteiger partial charge in [0.1, 0.15) is 11.6 Å². The van der Waals surface area contributed by atoms with Crippen LogP contribution in [0.1, 0.15) is 26.3 Å². The molecule has 5 rings (SSSR count). The standard InChI is InChI=1S/C29H29N5O3/c1-29(2,3)18-9-12-25(37-4)23(14-18)34-28(36)33-22-11-10-19(20-7-5-6-8-21(20)22)17-13-24-27(30-15-17)31-16-26(35)32-24/h5-15H,16H2,1-4H3,(H,30,31)(H,32,35)(H2,33,34,36). The molecule has 1 aromatic heterocycles. The lowest BCUT2D eigenvalue weighted by atomic mass is 9.87. The van der Waals surface area contributed by atoms with Crippen LogP contribution in [-0.4, -0.2) is 30.6 Å². The smallest absolute Gasteiger partial charge is 0.323 e. The van der Waals surface area contributed by atoms with Gasteiger partial charge in [0.05, 0.1) is 30.7 Å². The first-order valence-corrected chi connectivity index (χ1v) is 12.1. The summed E-state index contributed by atoms with van der Waals surface area (Å²) in [6.45, 7) is 6.57. The maximum absolute atomic E-state index is 13.1. The Balaban J connectivity index is 1.45. The fraction of sp³-hybridized carbons (Fsp3) is 0.207. The van der Waals surface area contributed by atoms with Crippen molar-refractivity contribution in [3.05, 3.63) is 72.4 Å². The molecule has 0 bridgehead atoms. The van der Waals surface area contributed by atoms with Crippen molar-refractivity contribution in [1.29, 1.82) is 0 Å². The number of carbonyl (C=O) groups is 2. The summed E-state index contributed by atoms with van der Waals surface area (Å²) in [5.41, 5.74) is 4.73. The summed E-state index contributed by atoms with van der Waals surface area (Å²) in [6.07, 6.45) is 1.78. The fourth-order valence-electron chi connectivity index (χ4n) is 4.41. The van der Waals surface area contributed by atoms with Gasteiger partial charge in [0, 0.05) is 17.1 Å². The average Bonchev–Trinajstić information content (AvgIpc) is 2.88. The highest BCUT2D eigenvalue weighted by Gasteiger charge is 2.19. The van der Waals surface area contributed by atoms with Crippen molar-refractivity contribution in [1.82, 2.24) is 4.98 Å². The summed E-state index contributed by atoms with van der Waals surface area (Å²) < 4.78 is 5.47. The monoisotopic (exact) mass is 495 g/mol. The summed E-state index contributed by atoms with van der Waals surface area (Å²) in [6, 6.07) is 19.0. The molecular formula is C29H29N5O3. The van der Waals surface area contributed by atoms with Gasteiger partial charge < -0.3 is 26.0 Å². The summed E-state index contributed by atoms with van der Waals surface area (Å²) >= 11 is 0. The molecule has 0 unspecified atom stereocenters. The van der Waals surface area contributed by atoms with Crippen molar-refractivity contribution < 1.29 is 14.3 Å². The highest BCUT2D eigenvalue weighted by molar-refractivity contribution is 6.10. The van der Waals surface area contributed by atoms with E-state index in [-0.39, 0.29) is 23.9 Å². The van der Waals surface area contributed by atoms with Crippen LogP contribution in [0.15, 0.2) is 66.9 Å². The quantitative estimate of drug-likeness (QED) is 0.269.